The van der Waals surface area contributed by atoms with Gasteiger partial charge in [0.15, 0.2) is 17.3 Å². The number of benzene rings is 1. The van der Waals surface area contributed by atoms with E-state index in [-0.39, 0.29) is 17.0 Å². The number of rotatable bonds is 5. The average Bonchev–Trinajstić information content (AvgIpc) is 3.23. The van der Waals surface area contributed by atoms with Gasteiger partial charge in [-0.05, 0) is 23.8 Å². The molecule has 4 rings (SSSR count). The van der Waals surface area contributed by atoms with Gasteiger partial charge in [0.1, 0.15) is 0 Å². The normalized spacial score (nSPS) is 13.9. The quantitative estimate of drug-likeness (QED) is 0.532. The van der Waals surface area contributed by atoms with Crippen LogP contribution in [0, 0.1) is 10.1 Å². The Bertz CT molecular complexity index is 1070. The van der Waals surface area contributed by atoms with Gasteiger partial charge in [0.2, 0.25) is 0 Å². The van der Waals surface area contributed by atoms with E-state index < -0.39 is 4.92 Å². The fraction of sp³-hybridized carbons (Fsp3) is 0.263. The molecule has 3 heterocycles. The van der Waals surface area contributed by atoms with Gasteiger partial charge in [0, 0.05) is 32.1 Å². The molecule has 0 saturated heterocycles. The lowest BCUT2D eigenvalue weighted by Gasteiger charge is -2.27. The molecular formula is C19H18N4O5. The lowest BCUT2D eigenvalue weighted by Crippen LogP contribution is -2.35. The molecule has 0 aliphatic carbocycles. The number of aromatic amines is 1. The molecule has 0 unspecified atom stereocenters. The molecule has 9 heteroatoms. The van der Waals surface area contributed by atoms with Crippen LogP contribution in [0.5, 0.6) is 5.75 Å². The van der Waals surface area contributed by atoms with Gasteiger partial charge in [0.25, 0.3) is 5.56 Å². The molecule has 144 valence electrons. The maximum atomic E-state index is 12.5. The summed E-state index contributed by atoms with van der Waals surface area (Å²) in [5.74, 6) is 1.17. The van der Waals surface area contributed by atoms with Crippen molar-refractivity contribution < 1.29 is 14.1 Å². The zero-order valence-corrected chi connectivity index (χ0v) is 15.2. The third-order valence-electron chi connectivity index (χ3n) is 4.75. The lowest BCUT2D eigenvalue weighted by atomic mass is 10.1. The maximum absolute atomic E-state index is 12.5. The Morgan fingerprint density at radius 3 is 2.96 bits per heavy atom. The minimum absolute atomic E-state index is 0.0694. The fourth-order valence-electron chi connectivity index (χ4n) is 3.38. The number of nitro groups is 1. The molecule has 28 heavy (non-hydrogen) atoms. The Kier molecular flexibility index (Phi) is 4.66. The number of methoxy groups -OCH3 is 1. The Labute approximate surface area is 159 Å². The molecular weight excluding hydrogens is 364 g/mol. The molecule has 0 saturated carbocycles. The molecule has 1 N–H and O–H groups in total. The van der Waals surface area contributed by atoms with E-state index in [0.717, 1.165) is 11.3 Å². The second kappa shape index (κ2) is 7.28. The number of H-pyrrole nitrogens is 1. The van der Waals surface area contributed by atoms with Crippen LogP contribution >= 0.6 is 0 Å². The minimum atomic E-state index is -0.460. The van der Waals surface area contributed by atoms with Crippen molar-refractivity contribution >= 4 is 5.69 Å². The van der Waals surface area contributed by atoms with E-state index in [9.17, 15) is 14.9 Å². The molecule has 0 radical (unpaired) electrons. The van der Waals surface area contributed by atoms with Crippen molar-refractivity contribution in [2.75, 3.05) is 13.7 Å². The average molecular weight is 382 g/mol. The standard InChI is InChI=1S/C19H18N4O5/c1-27-16-5-4-12(9-15(16)23(25)26)10-22-7-6-14-13(11-22)19(24)21-18(20-14)17-3-2-8-28-17/h2-5,8-9H,6-7,10-11H2,1H3,(H,20,21,24). The van der Waals surface area contributed by atoms with E-state index in [4.69, 9.17) is 9.15 Å². The second-order valence-corrected chi connectivity index (χ2v) is 6.54. The van der Waals surface area contributed by atoms with Crippen molar-refractivity contribution in [1.29, 1.82) is 0 Å². The number of furan rings is 1. The first-order valence-electron chi connectivity index (χ1n) is 8.75. The molecule has 0 atom stereocenters. The van der Waals surface area contributed by atoms with E-state index in [1.165, 1.54) is 19.4 Å². The fourth-order valence-corrected chi connectivity index (χ4v) is 3.38. The number of nitrogens with zero attached hydrogens (tertiary/aromatic N) is 3. The number of nitrogens with one attached hydrogen (secondary N) is 1. The number of ether oxygens (including phenoxy) is 1. The molecule has 0 amide bonds. The summed E-state index contributed by atoms with van der Waals surface area (Å²) in [6.45, 7) is 1.61. The molecule has 0 spiro atoms. The zero-order chi connectivity index (χ0) is 19.7. The van der Waals surface area contributed by atoms with Gasteiger partial charge in [-0.3, -0.25) is 19.8 Å². The first kappa shape index (κ1) is 17.9. The van der Waals surface area contributed by atoms with Crippen LogP contribution in [0.25, 0.3) is 11.6 Å². The Morgan fingerprint density at radius 1 is 1.39 bits per heavy atom. The molecule has 1 aliphatic rings. The van der Waals surface area contributed by atoms with E-state index in [1.54, 1.807) is 24.3 Å². The molecule has 0 fully saturated rings. The van der Waals surface area contributed by atoms with E-state index in [1.807, 2.05) is 0 Å². The molecule has 1 aliphatic heterocycles. The number of hydrogen-bond acceptors (Lipinski definition) is 7. The smallest absolute Gasteiger partial charge is 0.311 e. The van der Waals surface area contributed by atoms with Crippen LogP contribution in [-0.2, 0) is 19.5 Å². The number of hydrogen-bond donors (Lipinski definition) is 1. The van der Waals surface area contributed by atoms with Gasteiger partial charge in [0.05, 0.1) is 29.6 Å². The van der Waals surface area contributed by atoms with Gasteiger partial charge in [-0.1, -0.05) is 6.07 Å². The monoisotopic (exact) mass is 382 g/mol. The molecule has 0 bridgehead atoms. The zero-order valence-electron chi connectivity index (χ0n) is 15.2. The predicted octanol–water partition coefficient (Wildman–Crippen LogP) is 2.51. The summed E-state index contributed by atoms with van der Waals surface area (Å²) in [5.41, 5.74) is 1.89. The Hall–Kier alpha value is -3.46. The minimum Gasteiger partial charge on any atom is -0.490 e. The third-order valence-corrected chi connectivity index (χ3v) is 4.75. The Morgan fingerprint density at radius 2 is 2.25 bits per heavy atom. The van der Waals surface area contributed by atoms with Crippen LogP contribution in [-0.4, -0.2) is 33.4 Å². The van der Waals surface area contributed by atoms with Crippen molar-refractivity contribution in [1.82, 2.24) is 14.9 Å². The van der Waals surface area contributed by atoms with Gasteiger partial charge in [-0.15, -0.1) is 0 Å². The van der Waals surface area contributed by atoms with Crippen LogP contribution < -0.4 is 10.3 Å². The summed E-state index contributed by atoms with van der Waals surface area (Å²) < 4.78 is 10.3. The summed E-state index contributed by atoms with van der Waals surface area (Å²) in [6, 6.07) is 8.39. The largest absolute Gasteiger partial charge is 0.490 e. The van der Waals surface area contributed by atoms with Crippen molar-refractivity contribution in [3.63, 3.8) is 0 Å². The summed E-state index contributed by atoms with van der Waals surface area (Å²) in [7, 11) is 1.40. The first-order valence-corrected chi connectivity index (χ1v) is 8.75. The first-order chi connectivity index (χ1) is 13.5. The lowest BCUT2D eigenvalue weighted by molar-refractivity contribution is -0.385. The molecule has 3 aromatic rings. The Balaban J connectivity index is 1.56. The van der Waals surface area contributed by atoms with Crippen LogP contribution in [0.1, 0.15) is 16.8 Å². The predicted molar refractivity (Wildman–Crippen MR) is 100 cm³/mol. The van der Waals surface area contributed by atoms with Crippen LogP contribution in [0.15, 0.2) is 45.8 Å². The van der Waals surface area contributed by atoms with Crippen LogP contribution in [0.4, 0.5) is 5.69 Å². The molecule has 1 aromatic carbocycles. The van der Waals surface area contributed by atoms with Crippen molar-refractivity contribution in [3.05, 3.63) is 73.9 Å². The van der Waals surface area contributed by atoms with Gasteiger partial charge in [-0.25, -0.2) is 4.98 Å². The summed E-state index contributed by atoms with van der Waals surface area (Å²) in [5, 5.41) is 11.2. The van der Waals surface area contributed by atoms with Crippen molar-refractivity contribution in [2.24, 2.45) is 0 Å². The van der Waals surface area contributed by atoms with E-state index in [2.05, 4.69) is 14.9 Å². The highest BCUT2D eigenvalue weighted by Gasteiger charge is 2.23. The van der Waals surface area contributed by atoms with Gasteiger partial charge in [-0.2, -0.15) is 0 Å². The summed E-state index contributed by atoms with van der Waals surface area (Å²) in [4.78, 5) is 32.7. The number of nitro benzene ring substituents is 1. The van der Waals surface area contributed by atoms with E-state index >= 15 is 0 Å². The van der Waals surface area contributed by atoms with Crippen molar-refractivity contribution in [2.45, 2.75) is 19.5 Å². The van der Waals surface area contributed by atoms with Gasteiger partial charge >= 0.3 is 5.69 Å². The third kappa shape index (κ3) is 3.39. The summed E-state index contributed by atoms with van der Waals surface area (Å²) in [6.07, 6.45) is 2.15. The highest BCUT2D eigenvalue weighted by molar-refractivity contribution is 5.49. The second-order valence-electron chi connectivity index (χ2n) is 6.54. The maximum Gasteiger partial charge on any atom is 0.311 e. The number of fused-ring (bicyclic) bond motifs is 1. The molecule has 2 aromatic heterocycles. The number of aromatic nitrogens is 2. The van der Waals surface area contributed by atoms with Crippen LogP contribution in [0.3, 0.4) is 0 Å². The van der Waals surface area contributed by atoms with Crippen LogP contribution in [0.2, 0.25) is 0 Å². The SMILES string of the molecule is COc1ccc(CN2CCc3nc(-c4ccco4)[nH]c(=O)c3C2)cc1[N+](=O)[O-]. The summed E-state index contributed by atoms with van der Waals surface area (Å²) >= 11 is 0. The van der Waals surface area contributed by atoms with E-state index in [0.29, 0.717) is 43.2 Å². The highest BCUT2D eigenvalue weighted by atomic mass is 16.6. The van der Waals surface area contributed by atoms with Gasteiger partial charge < -0.3 is 14.1 Å². The van der Waals surface area contributed by atoms with Crippen molar-refractivity contribution in [3.8, 4) is 17.3 Å². The molecule has 9 nitrogen and oxygen atoms in total. The highest BCUT2D eigenvalue weighted by Crippen LogP contribution is 2.28. The topological polar surface area (TPSA) is 114 Å².